The van der Waals surface area contributed by atoms with Crippen LogP contribution in [0.3, 0.4) is 0 Å². The third-order valence-corrected chi connectivity index (χ3v) is 2.29. The number of carbonyl (C=O) groups is 1. The molecule has 0 N–H and O–H groups in total. The first-order chi connectivity index (χ1) is 8.22. The quantitative estimate of drug-likeness (QED) is 0.328. The number of benzene rings is 1. The van der Waals surface area contributed by atoms with Gasteiger partial charge in [0.05, 0.1) is 6.61 Å². The zero-order valence-corrected chi connectivity index (χ0v) is 9.74. The molecule has 0 aliphatic heterocycles. The minimum Gasteiger partial charge on any atom is -0.466 e. The van der Waals surface area contributed by atoms with Crippen LogP contribution < -0.4 is 0 Å². The molecule has 0 aromatic heterocycles. The highest BCUT2D eigenvalue weighted by Gasteiger charge is 2.10. The predicted octanol–water partition coefficient (Wildman–Crippen LogP) is 2.72. The first-order valence-electron chi connectivity index (χ1n) is 5.40. The summed E-state index contributed by atoms with van der Waals surface area (Å²) in [5.74, 6) is -0.291. The van der Waals surface area contributed by atoms with Crippen molar-refractivity contribution in [3.63, 3.8) is 0 Å². The van der Waals surface area contributed by atoms with Crippen molar-refractivity contribution in [2.45, 2.75) is 13.3 Å². The lowest BCUT2D eigenvalue weighted by molar-refractivity contribution is -0.142. The van der Waals surface area contributed by atoms with Gasteiger partial charge in [-0.2, -0.15) is 0 Å². The molecule has 0 saturated carbocycles. The molecule has 1 aromatic carbocycles. The van der Waals surface area contributed by atoms with Crippen LogP contribution in [0.1, 0.15) is 12.5 Å². The maximum atomic E-state index is 10.7. The van der Waals surface area contributed by atoms with Crippen molar-refractivity contribution in [1.82, 2.24) is 0 Å². The van der Waals surface area contributed by atoms with Crippen molar-refractivity contribution in [2.75, 3.05) is 13.2 Å². The molecule has 17 heavy (non-hydrogen) atoms. The second kappa shape index (κ2) is 7.30. The van der Waals surface area contributed by atoms with Gasteiger partial charge in [-0.1, -0.05) is 35.4 Å². The second-order valence-electron chi connectivity index (χ2n) is 3.77. The van der Waals surface area contributed by atoms with E-state index in [4.69, 9.17) is 10.3 Å². The van der Waals surface area contributed by atoms with E-state index in [-0.39, 0.29) is 18.5 Å². The van der Waals surface area contributed by atoms with Gasteiger partial charge >= 0.3 is 5.97 Å². The highest BCUT2D eigenvalue weighted by molar-refractivity contribution is 5.65. The molecule has 1 aromatic rings. The first-order valence-corrected chi connectivity index (χ1v) is 5.40. The lowest BCUT2D eigenvalue weighted by Gasteiger charge is -2.14. The number of carbonyl (C=O) groups excluding carboxylic acids is 1. The molecule has 0 amide bonds. The van der Waals surface area contributed by atoms with E-state index in [0.29, 0.717) is 6.54 Å². The summed E-state index contributed by atoms with van der Waals surface area (Å²) in [6.45, 7) is 1.98. The van der Waals surface area contributed by atoms with Crippen LogP contribution in [0, 0.1) is 5.92 Å². The lowest BCUT2D eigenvalue weighted by atomic mass is 10.0. The predicted molar refractivity (Wildman–Crippen MR) is 64.3 cm³/mol. The number of hydrogen-bond donors (Lipinski definition) is 0. The van der Waals surface area contributed by atoms with Crippen LogP contribution in [-0.4, -0.2) is 19.1 Å². The average molecular weight is 233 g/mol. The number of nitrogens with zero attached hydrogens (tertiary/aromatic N) is 3. The van der Waals surface area contributed by atoms with E-state index in [2.05, 4.69) is 10.0 Å². The van der Waals surface area contributed by atoms with E-state index in [1.165, 1.54) is 6.92 Å². The summed E-state index contributed by atoms with van der Waals surface area (Å²) in [7, 11) is 0. The zero-order chi connectivity index (χ0) is 12.5. The van der Waals surface area contributed by atoms with Crippen LogP contribution >= 0.6 is 0 Å². The third kappa shape index (κ3) is 5.58. The monoisotopic (exact) mass is 233 g/mol. The maximum Gasteiger partial charge on any atom is 0.302 e. The van der Waals surface area contributed by atoms with E-state index in [1.54, 1.807) is 0 Å². The van der Waals surface area contributed by atoms with Crippen LogP contribution in [0.15, 0.2) is 35.4 Å². The molecule has 0 aliphatic carbocycles. The van der Waals surface area contributed by atoms with Gasteiger partial charge in [-0.25, -0.2) is 0 Å². The van der Waals surface area contributed by atoms with Gasteiger partial charge in [0.1, 0.15) is 0 Å². The molecular formula is C12H15N3O2. The van der Waals surface area contributed by atoms with Gasteiger partial charge < -0.3 is 4.74 Å². The molecule has 0 fully saturated rings. The van der Waals surface area contributed by atoms with Crippen molar-refractivity contribution in [1.29, 1.82) is 0 Å². The highest BCUT2D eigenvalue weighted by atomic mass is 16.5. The lowest BCUT2D eigenvalue weighted by Crippen LogP contribution is -2.17. The Morgan fingerprint density at radius 1 is 1.47 bits per heavy atom. The Hall–Kier alpha value is -2.00. The number of hydrogen-bond acceptors (Lipinski definition) is 3. The Labute approximate surface area is 100 Å². The molecule has 5 heteroatoms. The maximum absolute atomic E-state index is 10.7. The Bertz CT molecular complexity index is 399. The standard InChI is InChI=1S/C12H15N3O2/c1-10(16)17-9-12(8-14-15-13)7-11-5-3-2-4-6-11/h2-6,12H,7-9H2,1H3. The third-order valence-electron chi connectivity index (χ3n) is 2.29. The molecule has 0 bridgehead atoms. The Kier molecular flexibility index (Phi) is 5.61. The Balaban J connectivity index is 2.56. The fourth-order valence-electron chi connectivity index (χ4n) is 1.51. The molecule has 0 radical (unpaired) electrons. The highest BCUT2D eigenvalue weighted by Crippen LogP contribution is 2.10. The average Bonchev–Trinajstić information content (AvgIpc) is 2.34. The van der Waals surface area contributed by atoms with Gasteiger partial charge in [0.2, 0.25) is 0 Å². The van der Waals surface area contributed by atoms with Crippen LogP contribution in [0.25, 0.3) is 10.4 Å². The van der Waals surface area contributed by atoms with Crippen molar-refractivity contribution >= 4 is 5.97 Å². The first kappa shape index (κ1) is 13.1. The van der Waals surface area contributed by atoms with Gasteiger partial charge in [-0.3, -0.25) is 4.79 Å². The SMILES string of the molecule is CC(=O)OCC(CN=[N+]=[N-])Cc1ccccc1. The number of azide groups is 1. The summed E-state index contributed by atoms with van der Waals surface area (Å²) in [5, 5.41) is 3.54. The minimum atomic E-state index is -0.316. The molecule has 1 unspecified atom stereocenters. The minimum absolute atomic E-state index is 0.0252. The van der Waals surface area contributed by atoms with Crippen molar-refractivity contribution in [3.05, 3.63) is 46.3 Å². The van der Waals surface area contributed by atoms with Gasteiger partial charge in [-0.15, -0.1) is 0 Å². The van der Waals surface area contributed by atoms with Gasteiger partial charge in [0.25, 0.3) is 0 Å². The van der Waals surface area contributed by atoms with Gasteiger partial charge in [0.15, 0.2) is 0 Å². The number of rotatable bonds is 6. The van der Waals surface area contributed by atoms with E-state index in [1.807, 2.05) is 30.3 Å². The van der Waals surface area contributed by atoms with Crippen molar-refractivity contribution in [3.8, 4) is 0 Å². The second-order valence-corrected chi connectivity index (χ2v) is 3.77. The topological polar surface area (TPSA) is 75.1 Å². The molecule has 1 atom stereocenters. The molecule has 0 heterocycles. The summed E-state index contributed by atoms with van der Waals surface area (Å²) in [4.78, 5) is 13.5. The van der Waals surface area contributed by atoms with E-state index in [9.17, 15) is 4.79 Å². The Morgan fingerprint density at radius 3 is 2.76 bits per heavy atom. The molecule has 0 aliphatic rings. The molecule has 90 valence electrons. The number of esters is 1. The van der Waals surface area contributed by atoms with E-state index in [0.717, 1.165) is 12.0 Å². The largest absolute Gasteiger partial charge is 0.466 e. The van der Waals surface area contributed by atoms with Crippen molar-refractivity contribution < 1.29 is 9.53 Å². The summed E-state index contributed by atoms with van der Waals surface area (Å²) in [6, 6.07) is 9.84. The van der Waals surface area contributed by atoms with Gasteiger partial charge in [0, 0.05) is 24.3 Å². The number of ether oxygens (including phenoxy) is 1. The molecule has 5 nitrogen and oxygen atoms in total. The van der Waals surface area contributed by atoms with Crippen LogP contribution in [-0.2, 0) is 16.0 Å². The molecule has 0 spiro atoms. The molecule has 0 saturated heterocycles. The molecular weight excluding hydrogens is 218 g/mol. The van der Waals surface area contributed by atoms with Crippen LogP contribution in [0.5, 0.6) is 0 Å². The van der Waals surface area contributed by atoms with Crippen LogP contribution in [0.2, 0.25) is 0 Å². The summed E-state index contributed by atoms with van der Waals surface area (Å²) < 4.78 is 4.95. The van der Waals surface area contributed by atoms with Gasteiger partial charge in [-0.05, 0) is 17.5 Å². The summed E-state index contributed by atoms with van der Waals surface area (Å²) in [5.41, 5.74) is 9.45. The van der Waals surface area contributed by atoms with Crippen molar-refractivity contribution in [2.24, 2.45) is 11.0 Å². The van der Waals surface area contributed by atoms with Crippen LogP contribution in [0.4, 0.5) is 0 Å². The molecule has 1 rings (SSSR count). The summed E-state index contributed by atoms with van der Waals surface area (Å²) >= 11 is 0. The Morgan fingerprint density at radius 2 is 2.18 bits per heavy atom. The fourth-order valence-corrected chi connectivity index (χ4v) is 1.51. The van der Waals surface area contributed by atoms with E-state index >= 15 is 0 Å². The smallest absolute Gasteiger partial charge is 0.302 e. The van der Waals surface area contributed by atoms with E-state index < -0.39 is 0 Å². The normalized spacial score (nSPS) is 11.4. The summed E-state index contributed by atoms with van der Waals surface area (Å²) in [6.07, 6.45) is 0.729. The fraction of sp³-hybridized carbons (Fsp3) is 0.417. The zero-order valence-electron chi connectivity index (χ0n) is 9.74.